The zero-order valence-corrected chi connectivity index (χ0v) is 18.8. The molecule has 1 saturated heterocycles. The fraction of sp³-hybridized carbons (Fsp3) is 0.760. The van der Waals surface area contributed by atoms with Crippen LogP contribution in [0.25, 0.3) is 0 Å². The monoisotopic (exact) mass is 420 g/mol. The Kier molecular flexibility index (Phi) is 8.33. The average Bonchev–Trinajstić information content (AvgIpc) is 2.70. The number of hydrogen-bond acceptors (Lipinski definition) is 5. The second kappa shape index (κ2) is 10.6. The molecule has 5 heteroatoms. The molecule has 3 aliphatic rings. The summed E-state index contributed by atoms with van der Waals surface area (Å²) in [5.74, 6) is 1.91. The van der Waals surface area contributed by atoms with E-state index in [0.717, 1.165) is 32.1 Å². The lowest BCUT2D eigenvalue weighted by Gasteiger charge is -2.45. The van der Waals surface area contributed by atoms with Crippen molar-refractivity contribution < 1.29 is 24.8 Å². The molecule has 8 atom stereocenters. The van der Waals surface area contributed by atoms with Crippen LogP contribution >= 0.6 is 0 Å². The van der Waals surface area contributed by atoms with Crippen molar-refractivity contribution in [2.75, 3.05) is 13.2 Å². The average molecular weight is 421 g/mol. The van der Waals surface area contributed by atoms with E-state index in [2.05, 4.69) is 39.5 Å². The molecule has 3 rings (SSSR count). The van der Waals surface area contributed by atoms with Crippen molar-refractivity contribution >= 4 is 0 Å². The normalized spacial score (nSPS) is 37.9. The third-order valence-electron chi connectivity index (χ3n) is 7.23. The summed E-state index contributed by atoms with van der Waals surface area (Å²) >= 11 is 0. The lowest BCUT2D eigenvalue weighted by atomic mass is 9.61. The Morgan fingerprint density at radius 3 is 2.73 bits per heavy atom. The highest BCUT2D eigenvalue weighted by atomic mass is 16.7. The predicted molar refractivity (Wildman–Crippen MR) is 118 cm³/mol. The van der Waals surface area contributed by atoms with Gasteiger partial charge in [0.25, 0.3) is 0 Å². The van der Waals surface area contributed by atoms with Gasteiger partial charge in [-0.2, -0.15) is 0 Å². The summed E-state index contributed by atoms with van der Waals surface area (Å²) in [5, 5.41) is 29.9. The molecule has 0 aromatic carbocycles. The Morgan fingerprint density at radius 2 is 2.00 bits per heavy atom. The molecule has 2 aliphatic carbocycles. The van der Waals surface area contributed by atoms with E-state index < -0.39 is 24.6 Å². The third-order valence-corrected chi connectivity index (χ3v) is 7.23. The minimum absolute atomic E-state index is 0.0266. The van der Waals surface area contributed by atoms with Crippen molar-refractivity contribution in [1.29, 1.82) is 0 Å². The summed E-state index contributed by atoms with van der Waals surface area (Å²) < 4.78 is 11.5. The standard InChI is InChI=1S/C25H40O5/c1-15(2)6-5-7-18(13-29-25-24(28)23(27)22(26)14-30-25)20-11-9-17(4)19-10-8-16(3)12-21(19)20/h6,12,18-28H,4-5,7-11,13-14H2,1-3H3/t18-,19-,20+,21-,22?,23?,24?,25?/m0/s1. The lowest BCUT2D eigenvalue weighted by Crippen LogP contribution is -2.54. The second-order valence-electron chi connectivity index (χ2n) is 9.80. The topological polar surface area (TPSA) is 79.2 Å². The highest BCUT2D eigenvalue weighted by molar-refractivity contribution is 5.19. The van der Waals surface area contributed by atoms with Crippen LogP contribution in [-0.4, -0.2) is 53.1 Å². The van der Waals surface area contributed by atoms with Crippen molar-refractivity contribution in [2.45, 2.75) is 83.9 Å². The molecular formula is C25H40O5. The van der Waals surface area contributed by atoms with E-state index in [0.29, 0.717) is 30.3 Å². The smallest absolute Gasteiger partial charge is 0.186 e. The number of fused-ring (bicyclic) bond motifs is 1. The molecule has 1 saturated carbocycles. The van der Waals surface area contributed by atoms with Crippen molar-refractivity contribution in [3.63, 3.8) is 0 Å². The number of ether oxygens (including phenoxy) is 2. The summed E-state index contributed by atoms with van der Waals surface area (Å²) in [4.78, 5) is 0. The Balaban J connectivity index is 1.72. The molecular weight excluding hydrogens is 380 g/mol. The Morgan fingerprint density at radius 1 is 1.23 bits per heavy atom. The van der Waals surface area contributed by atoms with Crippen LogP contribution in [0.3, 0.4) is 0 Å². The largest absolute Gasteiger partial charge is 0.388 e. The summed E-state index contributed by atoms with van der Waals surface area (Å²) in [6, 6.07) is 0. The van der Waals surface area contributed by atoms with Gasteiger partial charge in [0.05, 0.1) is 13.2 Å². The summed E-state index contributed by atoms with van der Waals surface area (Å²) in [6.45, 7) is 11.3. The van der Waals surface area contributed by atoms with Crippen LogP contribution in [0.1, 0.15) is 59.3 Å². The number of allylic oxidation sites excluding steroid dienone is 5. The van der Waals surface area contributed by atoms with Crippen molar-refractivity contribution in [3.05, 3.63) is 35.5 Å². The maximum Gasteiger partial charge on any atom is 0.186 e. The van der Waals surface area contributed by atoms with Gasteiger partial charge in [-0.25, -0.2) is 0 Å². The fourth-order valence-electron chi connectivity index (χ4n) is 5.43. The Hall–Kier alpha value is -0.980. The number of rotatable bonds is 7. The number of aliphatic hydroxyl groups is 3. The summed E-state index contributed by atoms with van der Waals surface area (Å²) in [5.41, 5.74) is 4.19. The van der Waals surface area contributed by atoms with E-state index in [1.807, 2.05) is 0 Å². The van der Waals surface area contributed by atoms with E-state index in [4.69, 9.17) is 9.47 Å². The predicted octanol–water partition coefficient (Wildman–Crippen LogP) is 3.74. The van der Waals surface area contributed by atoms with Gasteiger partial charge in [-0.3, -0.25) is 0 Å². The number of aliphatic hydroxyl groups excluding tert-OH is 3. The zero-order chi connectivity index (χ0) is 21.8. The van der Waals surface area contributed by atoms with Gasteiger partial charge in [0.15, 0.2) is 6.29 Å². The zero-order valence-electron chi connectivity index (χ0n) is 18.8. The molecule has 1 heterocycles. The van der Waals surface area contributed by atoms with Crippen LogP contribution in [0.2, 0.25) is 0 Å². The maximum absolute atomic E-state index is 10.2. The highest BCUT2D eigenvalue weighted by Crippen LogP contribution is 2.48. The first kappa shape index (κ1) is 23.7. The van der Waals surface area contributed by atoms with Crippen LogP contribution in [0.5, 0.6) is 0 Å². The second-order valence-corrected chi connectivity index (χ2v) is 9.80. The number of hydrogen-bond donors (Lipinski definition) is 3. The summed E-state index contributed by atoms with van der Waals surface area (Å²) in [6.07, 6.45) is 6.88. The van der Waals surface area contributed by atoms with Crippen molar-refractivity contribution in [3.8, 4) is 0 Å². The maximum atomic E-state index is 10.2. The molecule has 4 unspecified atom stereocenters. The van der Waals surface area contributed by atoms with E-state index in [9.17, 15) is 15.3 Å². The van der Waals surface area contributed by atoms with Gasteiger partial charge >= 0.3 is 0 Å². The minimum atomic E-state index is -1.24. The molecule has 0 spiro atoms. The molecule has 3 N–H and O–H groups in total. The van der Waals surface area contributed by atoms with Gasteiger partial charge < -0.3 is 24.8 Å². The SMILES string of the molecule is C=C1CC[C@H]([C@@H](CCC=C(C)C)COC2OCC(O)C(O)C2O)[C@H]2C=C(C)CC[C@@H]12. The highest BCUT2D eigenvalue weighted by Gasteiger charge is 2.41. The molecule has 0 amide bonds. The quantitative estimate of drug-likeness (QED) is 0.547. The van der Waals surface area contributed by atoms with Crippen LogP contribution in [-0.2, 0) is 9.47 Å². The minimum Gasteiger partial charge on any atom is -0.388 e. The molecule has 170 valence electrons. The molecule has 2 fully saturated rings. The van der Waals surface area contributed by atoms with Gasteiger partial charge in [0.1, 0.15) is 18.3 Å². The first-order valence-electron chi connectivity index (χ1n) is 11.5. The van der Waals surface area contributed by atoms with E-state index >= 15 is 0 Å². The van der Waals surface area contributed by atoms with E-state index in [-0.39, 0.29) is 6.61 Å². The van der Waals surface area contributed by atoms with Crippen LogP contribution in [0.4, 0.5) is 0 Å². The lowest BCUT2D eigenvalue weighted by molar-refractivity contribution is -0.274. The van der Waals surface area contributed by atoms with Crippen molar-refractivity contribution in [2.24, 2.45) is 23.7 Å². The first-order valence-corrected chi connectivity index (χ1v) is 11.5. The Labute approximate surface area is 181 Å². The van der Waals surface area contributed by atoms with Gasteiger partial charge in [-0.1, -0.05) is 35.5 Å². The van der Waals surface area contributed by atoms with E-state index in [1.165, 1.54) is 23.1 Å². The van der Waals surface area contributed by atoms with Gasteiger partial charge in [-0.15, -0.1) is 0 Å². The van der Waals surface area contributed by atoms with Gasteiger partial charge in [0.2, 0.25) is 0 Å². The Bertz CT molecular complexity index is 650. The van der Waals surface area contributed by atoms with Crippen molar-refractivity contribution in [1.82, 2.24) is 0 Å². The van der Waals surface area contributed by atoms with Crippen LogP contribution < -0.4 is 0 Å². The van der Waals surface area contributed by atoms with Crippen LogP contribution in [0.15, 0.2) is 35.5 Å². The molecule has 0 aromatic rings. The molecule has 0 aromatic heterocycles. The van der Waals surface area contributed by atoms with Gasteiger partial charge in [-0.05, 0) is 83.0 Å². The fourth-order valence-corrected chi connectivity index (χ4v) is 5.43. The van der Waals surface area contributed by atoms with Crippen LogP contribution in [0, 0.1) is 23.7 Å². The first-order chi connectivity index (χ1) is 14.3. The van der Waals surface area contributed by atoms with E-state index in [1.54, 1.807) is 0 Å². The molecule has 0 radical (unpaired) electrons. The molecule has 5 nitrogen and oxygen atoms in total. The molecule has 1 aliphatic heterocycles. The third kappa shape index (κ3) is 5.63. The summed E-state index contributed by atoms with van der Waals surface area (Å²) in [7, 11) is 0. The molecule has 30 heavy (non-hydrogen) atoms. The van der Waals surface area contributed by atoms with Gasteiger partial charge in [0, 0.05) is 0 Å². The molecule has 0 bridgehead atoms.